The van der Waals surface area contributed by atoms with E-state index in [1.54, 1.807) is 0 Å². The monoisotopic (exact) mass is 281 g/mol. The average molecular weight is 281 g/mol. The fourth-order valence-electron chi connectivity index (χ4n) is 2.87. The van der Waals surface area contributed by atoms with Crippen molar-refractivity contribution in [1.82, 2.24) is 15.5 Å². The van der Waals surface area contributed by atoms with E-state index >= 15 is 0 Å². The van der Waals surface area contributed by atoms with E-state index in [0.29, 0.717) is 0 Å². The second-order valence-electron chi connectivity index (χ2n) is 6.29. The molecule has 112 valence electrons. The van der Waals surface area contributed by atoms with Crippen LogP contribution in [0.3, 0.4) is 0 Å². The van der Waals surface area contributed by atoms with Crippen molar-refractivity contribution >= 4 is 17.7 Å². The van der Waals surface area contributed by atoms with Crippen LogP contribution in [0.25, 0.3) is 0 Å². The maximum atomic E-state index is 12.5. The summed E-state index contributed by atoms with van der Waals surface area (Å²) in [5.74, 6) is -0.452. The van der Waals surface area contributed by atoms with Gasteiger partial charge in [0, 0.05) is 12.5 Å². The number of nitrogens with zero attached hydrogens (tertiary/aromatic N) is 1. The van der Waals surface area contributed by atoms with E-state index in [2.05, 4.69) is 10.6 Å². The summed E-state index contributed by atoms with van der Waals surface area (Å²) in [5, 5.41) is 6.05. The molecule has 0 aromatic rings. The molecule has 2 N–H and O–H groups in total. The van der Waals surface area contributed by atoms with Crippen LogP contribution in [0.15, 0.2) is 0 Å². The van der Waals surface area contributed by atoms with Crippen molar-refractivity contribution in [3.63, 3.8) is 0 Å². The normalized spacial score (nSPS) is 27.9. The molecule has 2 heterocycles. The van der Waals surface area contributed by atoms with Gasteiger partial charge in [-0.15, -0.1) is 0 Å². The van der Waals surface area contributed by atoms with Crippen LogP contribution in [0.2, 0.25) is 0 Å². The molecule has 2 saturated heterocycles. The lowest BCUT2D eigenvalue weighted by molar-refractivity contribution is -0.140. The fourth-order valence-corrected chi connectivity index (χ4v) is 2.87. The molecule has 2 fully saturated rings. The highest BCUT2D eigenvalue weighted by molar-refractivity contribution is 6.06. The second-order valence-corrected chi connectivity index (χ2v) is 6.29. The van der Waals surface area contributed by atoms with Gasteiger partial charge < -0.3 is 10.6 Å². The van der Waals surface area contributed by atoms with Gasteiger partial charge in [-0.3, -0.25) is 19.3 Å². The first kappa shape index (κ1) is 15.0. The van der Waals surface area contributed by atoms with Gasteiger partial charge in [0.05, 0.1) is 6.42 Å². The van der Waals surface area contributed by atoms with E-state index in [0.717, 1.165) is 30.8 Å². The number of hydrogen-bond donors (Lipinski definition) is 2. The molecule has 0 aliphatic carbocycles. The van der Waals surface area contributed by atoms with Gasteiger partial charge in [0.15, 0.2) is 0 Å². The SMILES string of the molecule is CN1C(=O)CC(NC(=O)C(C)(C)C2CCCNC2)C1=O. The maximum absolute atomic E-state index is 12.5. The third-order valence-corrected chi connectivity index (χ3v) is 4.59. The number of carbonyl (C=O) groups is 3. The van der Waals surface area contributed by atoms with Gasteiger partial charge in [0.2, 0.25) is 11.8 Å². The second kappa shape index (κ2) is 5.52. The van der Waals surface area contributed by atoms with Crippen LogP contribution >= 0.6 is 0 Å². The molecule has 2 unspecified atom stereocenters. The Kier molecular flexibility index (Phi) is 4.13. The maximum Gasteiger partial charge on any atom is 0.252 e. The molecule has 2 aliphatic rings. The van der Waals surface area contributed by atoms with Crippen LogP contribution in [0.4, 0.5) is 0 Å². The van der Waals surface area contributed by atoms with Gasteiger partial charge in [-0.05, 0) is 31.8 Å². The number of likely N-dealkylation sites (tertiary alicyclic amines) is 1. The number of imide groups is 1. The minimum Gasteiger partial charge on any atom is -0.343 e. The number of likely N-dealkylation sites (N-methyl/N-ethyl adjacent to an activating group) is 1. The number of amides is 3. The zero-order valence-corrected chi connectivity index (χ0v) is 12.4. The van der Waals surface area contributed by atoms with Crippen molar-refractivity contribution in [2.75, 3.05) is 20.1 Å². The molecule has 6 nitrogen and oxygen atoms in total. The van der Waals surface area contributed by atoms with Crippen molar-refractivity contribution < 1.29 is 14.4 Å². The minimum absolute atomic E-state index is 0.0695. The Hall–Kier alpha value is -1.43. The van der Waals surface area contributed by atoms with Crippen LogP contribution in [0, 0.1) is 11.3 Å². The Bertz CT molecular complexity index is 427. The molecule has 0 saturated carbocycles. The topological polar surface area (TPSA) is 78.5 Å². The van der Waals surface area contributed by atoms with Crippen molar-refractivity contribution in [2.24, 2.45) is 11.3 Å². The van der Waals surface area contributed by atoms with Gasteiger partial charge in [-0.1, -0.05) is 13.8 Å². The Morgan fingerprint density at radius 1 is 1.40 bits per heavy atom. The molecular weight excluding hydrogens is 258 g/mol. The molecule has 0 aromatic carbocycles. The quantitative estimate of drug-likeness (QED) is 0.707. The van der Waals surface area contributed by atoms with Crippen molar-refractivity contribution in [2.45, 2.75) is 39.2 Å². The molecule has 6 heteroatoms. The van der Waals surface area contributed by atoms with Gasteiger partial charge in [-0.25, -0.2) is 0 Å². The van der Waals surface area contributed by atoms with Crippen LogP contribution in [0.5, 0.6) is 0 Å². The summed E-state index contributed by atoms with van der Waals surface area (Å²) >= 11 is 0. The van der Waals surface area contributed by atoms with E-state index in [1.165, 1.54) is 7.05 Å². The first-order chi connectivity index (χ1) is 9.34. The molecular formula is C14H23N3O3. The van der Waals surface area contributed by atoms with Crippen molar-refractivity contribution in [3.8, 4) is 0 Å². The van der Waals surface area contributed by atoms with E-state index in [-0.39, 0.29) is 30.1 Å². The average Bonchev–Trinajstić information content (AvgIpc) is 2.67. The summed E-state index contributed by atoms with van der Waals surface area (Å²) in [4.78, 5) is 36.8. The lowest BCUT2D eigenvalue weighted by Gasteiger charge is -2.36. The van der Waals surface area contributed by atoms with Crippen molar-refractivity contribution in [3.05, 3.63) is 0 Å². The fraction of sp³-hybridized carbons (Fsp3) is 0.786. The molecule has 0 bridgehead atoms. The first-order valence-electron chi connectivity index (χ1n) is 7.16. The highest BCUT2D eigenvalue weighted by atomic mass is 16.2. The van der Waals surface area contributed by atoms with Gasteiger partial charge >= 0.3 is 0 Å². The summed E-state index contributed by atoms with van der Waals surface area (Å²) in [6, 6.07) is -0.698. The van der Waals surface area contributed by atoms with Crippen LogP contribution in [0.1, 0.15) is 33.1 Å². The third-order valence-electron chi connectivity index (χ3n) is 4.59. The van der Waals surface area contributed by atoms with E-state index in [1.807, 2.05) is 13.8 Å². The zero-order chi connectivity index (χ0) is 14.9. The predicted octanol–water partition coefficient (Wildman–Crippen LogP) is -0.114. The molecule has 0 spiro atoms. The third kappa shape index (κ3) is 2.70. The molecule has 2 atom stereocenters. The Labute approximate surface area is 119 Å². The summed E-state index contributed by atoms with van der Waals surface area (Å²) in [6.07, 6.45) is 2.13. The smallest absolute Gasteiger partial charge is 0.252 e. The lowest BCUT2D eigenvalue weighted by Crippen LogP contribution is -2.51. The zero-order valence-electron chi connectivity index (χ0n) is 12.4. The molecule has 0 radical (unpaired) electrons. The molecule has 0 aromatic heterocycles. The Morgan fingerprint density at radius 3 is 2.60 bits per heavy atom. The largest absolute Gasteiger partial charge is 0.343 e. The standard InChI is InChI=1S/C14H23N3O3/c1-14(2,9-5-4-6-15-8-9)13(20)16-10-7-11(18)17(3)12(10)19/h9-10,15H,4-8H2,1-3H3,(H,16,20). The van der Waals surface area contributed by atoms with E-state index in [4.69, 9.17) is 0 Å². The molecule has 20 heavy (non-hydrogen) atoms. The van der Waals surface area contributed by atoms with Gasteiger partial charge in [-0.2, -0.15) is 0 Å². The number of rotatable bonds is 3. The predicted molar refractivity (Wildman–Crippen MR) is 73.7 cm³/mol. The summed E-state index contributed by atoms with van der Waals surface area (Å²) in [6.45, 7) is 5.63. The lowest BCUT2D eigenvalue weighted by atomic mass is 9.74. The molecule has 2 aliphatic heterocycles. The Morgan fingerprint density at radius 2 is 2.10 bits per heavy atom. The highest BCUT2D eigenvalue weighted by Crippen LogP contribution is 2.32. The van der Waals surface area contributed by atoms with Crippen LogP contribution < -0.4 is 10.6 Å². The minimum atomic E-state index is -0.698. The van der Waals surface area contributed by atoms with Crippen LogP contribution in [-0.2, 0) is 14.4 Å². The molecule has 3 amide bonds. The number of piperidine rings is 1. The summed E-state index contributed by atoms with van der Waals surface area (Å²) in [7, 11) is 1.45. The van der Waals surface area contributed by atoms with E-state index in [9.17, 15) is 14.4 Å². The summed E-state index contributed by atoms with van der Waals surface area (Å²) < 4.78 is 0. The molecule has 2 rings (SSSR count). The van der Waals surface area contributed by atoms with Gasteiger partial charge in [0.25, 0.3) is 5.91 Å². The van der Waals surface area contributed by atoms with E-state index < -0.39 is 11.5 Å². The number of nitrogens with one attached hydrogen (secondary N) is 2. The van der Waals surface area contributed by atoms with Crippen LogP contribution in [-0.4, -0.2) is 48.8 Å². The number of carbonyl (C=O) groups excluding carboxylic acids is 3. The summed E-state index contributed by atoms with van der Waals surface area (Å²) in [5.41, 5.74) is -0.544. The van der Waals surface area contributed by atoms with Crippen molar-refractivity contribution in [1.29, 1.82) is 0 Å². The van der Waals surface area contributed by atoms with Gasteiger partial charge in [0.1, 0.15) is 6.04 Å². The Balaban J connectivity index is 2.00. The highest BCUT2D eigenvalue weighted by Gasteiger charge is 2.42. The number of hydrogen-bond acceptors (Lipinski definition) is 4. The first-order valence-corrected chi connectivity index (χ1v) is 7.16.